The Kier molecular flexibility index (Phi) is 3.73. The molecule has 112 valence electrons. The lowest BCUT2D eigenvalue weighted by Gasteiger charge is -2.27. The first-order valence-electron chi connectivity index (χ1n) is 6.76. The van der Waals surface area contributed by atoms with Gasteiger partial charge in [-0.1, -0.05) is 20.8 Å². The minimum absolute atomic E-state index is 0.00665. The molecule has 1 aromatic rings. The van der Waals surface area contributed by atoms with Gasteiger partial charge in [-0.15, -0.1) is 0 Å². The SMILES string of the molecule is CC(C)(C)C1CCN(c2ccc(S(N)(=O)=O)c(N)c2)C1. The summed E-state index contributed by atoms with van der Waals surface area (Å²) in [6.07, 6.45) is 1.14. The Labute approximate surface area is 121 Å². The van der Waals surface area contributed by atoms with Crippen LogP contribution in [0.15, 0.2) is 23.1 Å². The number of hydrogen-bond acceptors (Lipinski definition) is 4. The first-order chi connectivity index (χ1) is 9.09. The first kappa shape index (κ1) is 15.1. The number of nitrogen functional groups attached to an aromatic ring is 1. The summed E-state index contributed by atoms with van der Waals surface area (Å²) in [6.45, 7) is 8.69. The van der Waals surface area contributed by atoms with Gasteiger partial charge in [-0.2, -0.15) is 0 Å². The monoisotopic (exact) mass is 297 g/mol. The van der Waals surface area contributed by atoms with E-state index in [9.17, 15) is 8.42 Å². The molecule has 0 bridgehead atoms. The van der Waals surface area contributed by atoms with Crippen molar-refractivity contribution in [1.82, 2.24) is 0 Å². The van der Waals surface area contributed by atoms with Crippen molar-refractivity contribution in [3.8, 4) is 0 Å². The van der Waals surface area contributed by atoms with E-state index in [2.05, 4.69) is 25.7 Å². The zero-order valence-corrected chi connectivity index (χ0v) is 13.1. The number of sulfonamides is 1. The number of nitrogens with zero attached hydrogens (tertiary/aromatic N) is 1. The summed E-state index contributed by atoms with van der Waals surface area (Å²) in [6, 6.07) is 4.97. The standard InChI is InChI=1S/C14H23N3O2S/c1-14(2,3)10-6-7-17(9-10)11-4-5-13(12(15)8-11)20(16,18)19/h4-5,8,10H,6-7,9,15H2,1-3H3,(H2,16,18,19). The second-order valence-electron chi connectivity index (χ2n) is 6.56. The van der Waals surface area contributed by atoms with Gasteiger partial charge in [0.15, 0.2) is 0 Å². The van der Waals surface area contributed by atoms with Crippen molar-refractivity contribution in [3.05, 3.63) is 18.2 Å². The van der Waals surface area contributed by atoms with Crippen LogP contribution in [0.1, 0.15) is 27.2 Å². The molecule has 5 nitrogen and oxygen atoms in total. The van der Waals surface area contributed by atoms with Crippen LogP contribution in [0.3, 0.4) is 0 Å². The van der Waals surface area contributed by atoms with Crippen LogP contribution in [0.25, 0.3) is 0 Å². The molecule has 0 aromatic heterocycles. The van der Waals surface area contributed by atoms with E-state index in [1.54, 1.807) is 12.1 Å². The lowest BCUT2D eigenvalue weighted by atomic mass is 9.80. The predicted molar refractivity (Wildman–Crippen MR) is 82.0 cm³/mol. The highest BCUT2D eigenvalue weighted by atomic mass is 32.2. The van der Waals surface area contributed by atoms with Crippen molar-refractivity contribution in [3.63, 3.8) is 0 Å². The molecule has 1 aliphatic rings. The molecule has 0 aliphatic carbocycles. The highest BCUT2D eigenvalue weighted by Crippen LogP contribution is 2.36. The van der Waals surface area contributed by atoms with Gasteiger partial charge in [-0.3, -0.25) is 0 Å². The van der Waals surface area contributed by atoms with E-state index in [-0.39, 0.29) is 16.0 Å². The zero-order valence-electron chi connectivity index (χ0n) is 12.3. The molecule has 0 amide bonds. The van der Waals surface area contributed by atoms with Gasteiger partial charge in [0.05, 0.1) is 5.69 Å². The lowest BCUT2D eigenvalue weighted by molar-refractivity contribution is 0.263. The molecular weight excluding hydrogens is 274 g/mol. The van der Waals surface area contributed by atoms with Gasteiger partial charge >= 0.3 is 0 Å². The summed E-state index contributed by atoms with van der Waals surface area (Å²) in [5, 5.41) is 5.12. The van der Waals surface area contributed by atoms with Gasteiger partial charge < -0.3 is 10.6 Å². The Morgan fingerprint density at radius 1 is 1.30 bits per heavy atom. The van der Waals surface area contributed by atoms with Crippen LogP contribution in [-0.4, -0.2) is 21.5 Å². The Morgan fingerprint density at radius 2 is 1.95 bits per heavy atom. The Balaban J connectivity index is 2.22. The first-order valence-corrected chi connectivity index (χ1v) is 8.31. The molecule has 1 heterocycles. The van der Waals surface area contributed by atoms with E-state index in [1.807, 2.05) is 0 Å². The van der Waals surface area contributed by atoms with Crippen molar-refractivity contribution >= 4 is 21.4 Å². The Hall–Kier alpha value is -1.27. The van der Waals surface area contributed by atoms with Crippen molar-refractivity contribution in [2.45, 2.75) is 32.1 Å². The Bertz CT molecular complexity index is 605. The molecule has 4 N–H and O–H groups in total. The maximum atomic E-state index is 11.4. The molecule has 0 radical (unpaired) electrons. The largest absolute Gasteiger partial charge is 0.398 e. The maximum Gasteiger partial charge on any atom is 0.240 e. The summed E-state index contributed by atoms with van der Waals surface area (Å²) < 4.78 is 22.7. The fourth-order valence-corrected chi connectivity index (χ4v) is 3.34. The van der Waals surface area contributed by atoms with Gasteiger partial charge in [-0.05, 0) is 36.0 Å². The van der Waals surface area contributed by atoms with Crippen molar-refractivity contribution in [2.24, 2.45) is 16.5 Å². The van der Waals surface area contributed by atoms with Crippen LogP contribution in [0.4, 0.5) is 11.4 Å². The van der Waals surface area contributed by atoms with Gasteiger partial charge in [0, 0.05) is 18.8 Å². The molecule has 1 saturated heterocycles. The smallest absolute Gasteiger partial charge is 0.240 e. The van der Waals surface area contributed by atoms with Crippen LogP contribution >= 0.6 is 0 Å². The third-order valence-corrected chi connectivity index (χ3v) is 5.06. The van der Waals surface area contributed by atoms with E-state index in [0.29, 0.717) is 5.92 Å². The summed E-state index contributed by atoms with van der Waals surface area (Å²) >= 11 is 0. The van der Waals surface area contributed by atoms with Crippen LogP contribution in [0, 0.1) is 11.3 Å². The summed E-state index contributed by atoms with van der Waals surface area (Å²) in [7, 11) is -3.75. The maximum absolute atomic E-state index is 11.4. The van der Waals surface area contributed by atoms with E-state index >= 15 is 0 Å². The van der Waals surface area contributed by atoms with Crippen LogP contribution in [-0.2, 0) is 10.0 Å². The number of nitrogens with two attached hydrogens (primary N) is 2. The van der Waals surface area contributed by atoms with E-state index in [4.69, 9.17) is 10.9 Å². The quantitative estimate of drug-likeness (QED) is 0.814. The number of anilines is 2. The fraction of sp³-hybridized carbons (Fsp3) is 0.571. The van der Waals surface area contributed by atoms with E-state index in [0.717, 1.165) is 25.2 Å². The summed E-state index contributed by atoms with van der Waals surface area (Å²) in [5.41, 5.74) is 7.26. The number of benzene rings is 1. The van der Waals surface area contributed by atoms with Crippen LogP contribution in [0.5, 0.6) is 0 Å². The molecule has 1 aromatic carbocycles. The predicted octanol–water partition coefficient (Wildman–Crippen LogP) is 1.79. The third-order valence-electron chi connectivity index (χ3n) is 4.08. The second-order valence-corrected chi connectivity index (χ2v) is 8.09. The number of hydrogen-bond donors (Lipinski definition) is 2. The summed E-state index contributed by atoms with van der Waals surface area (Å²) in [5.74, 6) is 0.627. The highest BCUT2D eigenvalue weighted by molar-refractivity contribution is 7.89. The van der Waals surface area contributed by atoms with E-state index in [1.165, 1.54) is 6.07 Å². The van der Waals surface area contributed by atoms with Crippen molar-refractivity contribution in [2.75, 3.05) is 23.7 Å². The van der Waals surface area contributed by atoms with Gasteiger partial charge in [0.2, 0.25) is 10.0 Å². The molecule has 1 atom stereocenters. The number of rotatable bonds is 2. The molecule has 6 heteroatoms. The van der Waals surface area contributed by atoms with Crippen molar-refractivity contribution < 1.29 is 8.42 Å². The van der Waals surface area contributed by atoms with Crippen LogP contribution in [0.2, 0.25) is 0 Å². The lowest BCUT2D eigenvalue weighted by Crippen LogP contribution is -2.26. The number of primary sulfonamides is 1. The van der Waals surface area contributed by atoms with Gasteiger partial charge in [-0.25, -0.2) is 13.6 Å². The Morgan fingerprint density at radius 3 is 2.40 bits per heavy atom. The third kappa shape index (κ3) is 3.07. The second kappa shape index (κ2) is 4.93. The average Bonchev–Trinajstić information content (AvgIpc) is 2.75. The van der Waals surface area contributed by atoms with Gasteiger partial charge in [0.25, 0.3) is 0 Å². The topological polar surface area (TPSA) is 89.4 Å². The summed E-state index contributed by atoms with van der Waals surface area (Å²) in [4.78, 5) is 2.24. The molecule has 2 rings (SSSR count). The van der Waals surface area contributed by atoms with E-state index < -0.39 is 10.0 Å². The average molecular weight is 297 g/mol. The molecule has 1 aliphatic heterocycles. The molecular formula is C14H23N3O2S. The molecule has 0 spiro atoms. The van der Waals surface area contributed by atoms with Crippen molar-refractivity contribution in [1.29, 1.82) is 0 Å². The fourth-order valence-electron chi connectivity index (χ4n) is 2.69. The normalized spacial score (nSPS) is 20.4. The van der Waals surface area contributed by atoms with Crippen LogP contribution < -0.4 is 15.8 Å². The van der Waals surface area contributed by atoms with Gasteiger partial charge in [0.1, 0.15) is 4.90 Å². The molecule has 0 saturated carbocycles. The minimum Gasteiger partial charge on any atom is -0.398 e. The highest BCUT2D eigenvalue weighted by Gasteiger charge is 2.32. The minimum atomic E-state index is -3.75. The zero-order chi connectivity index (χ0) is 15.1. The molecule has 1 fully saturated rings. The molecule has 1 unspecified atom stereocenters. The molecule has 20 heavy (non-hydrogen) atoms.